The van der Waals surface area contributed by atoms with E-state index in [1.54, 1.807) is 0 Å². The molecule has 1 aliphatic heterocycles. The van der Waals surface area contributed by atoms with E-state index in [4.69, 9.17) is 0 Å². The predicted octanol–water partition coefficient (Wildman–Crippen LogP) is 3.66. The van der Waals surface area contributed by atoms with E-state index < -0.39 is 0 Å². The summed E-state index contributed by atoms with van der Waals surface area (Å²) >= 11 is 0. The van der Waals surface area contributed by atoms with Crippen molar-refractivity contribution in [1.29, 1.82) is 0 Å². The molecule has 0 spiro atoms. The number of rotatable bonds is 7. The lowest BCUT2D eigenvalue weighted by Crippen LogP contribution is -2.32. The monoisotopic (exact) mass is 317 g/mol. The lowest BCUT2D eigenvalue weighted by atomic mass is 10.1. The minimum absolute atomic E-state index is 0.120. The van der Waals surface area contributed by atoms with Crippen LogP contribution in [-0.2, 0) is 4.79 Å². The van der Waals surface area contributed by atoms with Crippen LogP contribution in [-0.4, -0.2) is 43.5 Å². The zero-order valence-corrected chi connectivity index (χ0v) is 14.9. The molecule has 1 saturated heterocycles. The van der Waals surface area contributed by atoms with E-state index in [-0.39, 0.29) is 5.91 Å². The quantitative estimate of drug-likeness (QED) is 0.833. The summed E-state index contributed by atoms with van der Waals surface area (Å²) in [6.07, 6.45) is 4.46. The molecule has 1 heterocycles. The summed E-state index contributed by atoms with van der Waals surface area (Å²) in [6.45, 7) is 11.5. The number of hydrogen-bond donors (Lipinski definition) is 1. The summed E-state index contributed by atoms with van der Waals surface area (Å²) in [5, 5.41) is 3.07. The molecule has 0 radical (unpaired) electrons. The Labute approximate surface area is 140 Å². The van der Waals surface area contributed by atoms with Crippen LogP contribution in [0.3, 0.4) is 0 Å². The topological polar surface area (TPSA) is 35.6 Å². The predicted molar refractivity (Wildman–Crippen MR) is 98.3 cm³/mol. The van der Waals surface area contributed by atoms with Crippen molar-refractivity contribution < 1.29 is 4.79 Å². The van der Waals surface area contributed by atoms with Gasteiger partial charge in [-0.05, 0) is 70.5 Å². The van der Waals surface area contributed by atoms with Crippen molar-refractivity contribution in [2.45, 2.75) is 46.5 Å². The average molecular weight is 317 g/mol. The fourth-order valence-corrected chi connectivity index (χ4v) is 3.23. The molecule has 1 N–H and O–H groups in total. The molecule has 2 rings (SSSR count). The molecule has 0 atom stereocenters. The van der Waals surface area contributed by atoms with Crippen LogP contribution < -0.4 is 10.2 Å². The molecule has 23 heavy (non-hydrogen) atoms. The van der Waals surface area contributed by atoms with Crippen molar-refractivity contribution in [3.8, 4) is 0 Å². The molecular weight excluding hydrogens is 286 g/mol. The van der Waals surface area contributed by atoms with Crippen LogP contribution in [0.2, 0.25) is 0 Å². The Morgan fingerprint density at radius 3 is 2.48 bits per heavy atom. The van der Waals surface area contributed by atoms with E-state index in [1.807, 2.05) is 6.07 Å². The van der Waals surface area contributed by atoms with E-state index in [0.29, 0.717) is 6.42 Å². The van der Waals surface area contributed by atoms with Gasteiger partial charge in [0, 0.05) is 37.4 Å². The lowest BCUT2D eigenvalue weighted by molar-refractivity contribution is -0.116. The van der Waals surface area contributed by atoms with Crippen molar-refractivity contribution in [3.63, 3.8) is 0 Å². The SMILES string of the molecule is CCN(CC)c1ccc(NC(=O)CCN2CCCCC2)c(C)c1. The number of nitrogens with one attached hydrogen (secondary N) is 1. The number of anilines is 2. The van der Waals surface area contributed by atoms with Crippen LogP contribution in [0.25, 0.3) is 0 Å². The van der Waals surface area contributed by atoms with Gasteiger partial charge in [0.15, 0.2) is 0 Å². The highest BCUT2D eigenvalue weighted by molar-refractivity contribution is 5.91. The number of nitrogens with zero attached hydrogens (tertiary/aromatic N) is 2. The summed E-state index contributed by atoms with van der Waals surface area (Å²) in [5.41, 5.74) is 3.28. The number of aryl methyl sites for hydroxylation is 1. The van der Waals surface area contributed by atoms with Gasteiger partial charge in [-0.15, -0.1) is 0 Å². The van der Waals surface area contributed by atoms with Crippen molar-refractivity contribution >= 4 is 17.3 Å². The minimum atomic E-state index is 0.120. The number of benzene rings is 1. The molecular formula is C19H31N3O. The lowest BCUT2D eigenvalue weighted by Gasteiger charge is -2.26. The van der Waals surface area contributed by atoms with E-state index >= 15 is 0 Å². The minimum Gasteiger partial charge on any atom is -0.372 e. The summed E-state index contributed by atoms with van der Waals surface area (Å²) < 4.78 is 0. The van der Waals surface area contributed by atoms with Crippen LogP contribution in [0.1, 0.15) is 45.1 Å². The highest BCUT2D eigenvalue weighted by Gasteiger charge is 2.12. The fourth-order valence-electron chi connectivity index (χ4n) is 3.23. The van der Waals surface area contributed by atoms with Gasteiger partial charge in [-0.3, -0.25) is 4.79 Å². The van der Waals surface area contributed by atoms with Crippen molar-refractivity contribution in [2.75, 3.05) is 42.9 Å². The molecule has 1 fully saturated rings. The molecule has 1 amide bonds. The van der Waals surface area contributed by atoms with Crippen LogP contribution in [0, 0.1) is 6.92 Å². The van der Waals surface area contributed by atoms with Gasteiger partial charge in [0.05, 0.1) is 0 Å². The van der Waals surface area contributed by atoms with Crippen LogP contribution in [0.5, 0.6) is 0 Å². The Bertz CT molecular complexity index is 505. The number of likely N-dealkylation sites (tertiary alicyclic amines) is 1. The second-order valence-electron chi connectivity index (χ2n) is 6.37. The standard InChI is InChI=1S/C19H31N3O/c1-4-22(5-2)17-9-10-18(16(3)15-17)20-19(23)11-14-21-12-7-6-8-13-21/h9-10,15H,4-8,11-14H2,1-3H3,(H,20,23). The highest BCUT2D eigenvalue weighted by atomic mass is 16.1. The first-order chi connectivity index (χ1) is 11.1. The van der Waals surface area contributed by atoms with Gasteiger partial charge in [-0.1, -0.05) is 6.42 Å². The Balaban J connectivity index is 1.87. The van der Waals surface area contributed by atoms with Crippen LogP contribution >= 0.6 is 0 Å². The molecule has 4 heteroatoms. The maximum Gasteiger partial charge on any atom is 0.225 e. The molecule has 0 aromatic heterocycles. The smallest absolute Gasteiger partial charge is 0.225 e. The molecule has 1 aromatic carbocycles. The number of amides is 1. The molecule has 4 nitrogen and oxygen atoms in total. The van der Waals surface area contributed by atoms with Gasteiger partial charge in [0.2, 0.25) is 5.91 Å². The number of hydrogen-bond acceptors (Lipinski definition) is 3. The van der Waals surface area contributed by atoms with Crippen LogP contribution in [0.15, 0.2) is 18.2 Å². The highest BCUT2D eigenvalue weighted by Crippen LogP contribution is 2.22. The molecule has 1 aliphatic rings. The largest absolute Gasteiger partial charge is 0.372 e. The summed E-state index contributed by atoms with van der Waals surface area (Å²) in [6, 6.07) is 6.29. The van der Waals surface area contributed by atoms with Crippen molar-refractivity contribution in [1.82, 2.24) is 4.90 Å². The first-order valence-electron chi connectivity index (χ1n) is 9.01. The van der Waals surface area contributed by atoms with Gasteiger partial charge in [-0.25, -0.2) is 0 Å². The second kappa shape index (κ2) is 8.92. The Morgan fingerprint density at radius 1 is 1.17 bits per heavy atom. The average Bonchev–Trinajstić information content (AvgIpc) is 2.57. The molecule has 0 unspecified atom stereocenters. The zero-order valence-electron chi connectivity index (χ0n) is 14.9. The van der Waals surface area contributed by atoms with Gasteiger partial charge in [0.1, 0.15) is 0 Å². The third-order valence-electron chi connectivity index (χ3n) is 4.72. The maximum absolute atomic E-state index is 12.2. The van der Waals surface area contributed by atoms with Crippen molar-refractivity contribution in [3.05, 3.63) is 23.8 Å². The van der Waals surface area contributed by atoms with Gasteiger partial charge < -0.3 is 15.1 Å². The molecule has 0 aliphatic carbocycles. The number of piperidine rings is 1. The maximum atomic E-state index is 12.2. The Hall–Kier alpha value is -1.55. The number of carbonyl (C=O) groups is 1. The first kappa shape index (κ1) is 17.8. The number of carbonyl (C=O) groups excluding carboxylic acids is 1. The van der Waals surface area contributed by atoms with E-state index in [2.05, 4.69) is 48.0 Å². The van der Waals surface area contributed by atoms with E-state index in [9.17, 15) is 4.79 Å². The third-order valence-corrected chi connectivity index (χ3v) is 4.72. The first-order valence-corrected chi connectivity index (χ1v) is 9.01. The molecule has 0 saturated carbocycles. The van der Waals surface area contributed by atoms with Gasteiger partial charge in [-0.2, -0.15) is 0 Å². The second-order valence-corrected chi connectivity index (χ2v) is 6.37. The van der Waals surface area contributed by atoms with E-state index in [0.717, 1.165) is 44.0 Å². The Morgan fingerprint density at radius 2 is 1.87 bits per heavy atom. The molecule has 128 valence electrons. The zero-order chi connectivity index (χ0) is 16.7. The van der Waals surface area contributed by atoms with Gasteiger partial charge in [0.25, 0.3) is 0 Å². The van der Waals surface area contributed by atoms with E-state index in [1.165, 1.54) is 24.9 Å². The molecule has 0 bridgehead atoms. The summed E-state index contributed by atoms with van der Waals surface area (Å²) in [4.78, 5) is 16.9. The molecule has 1 aromatic rings. The summed E-state index contributed by atoms with van der Waals surface area (Å²) in [7, 11) is 0. The van der Waals surface area contributed by atoms with Crippen molar-refractivity contribution in [2.24, 2.45) is 0 Å². The Kier molecular flexibility index (Phi) is 6.90. The normalized spacial score (nSPS) is 15.4. The summed E-state index contributed by atoms with van der Waals surface area (Å²) in [5.74, 6) is 0.120. The third kappa shape index (κ3) is 5.24. The van der Waals surface area contributed by atoms with Crippen LogP contribution in [0.4, 0.5) is 11.4 Å². The fraction of sp³-hybridized carbons (Fsp3) is 0.632. The van der Waals surface area contributed by atoms with Gasteiger partial charge >= 0.3 is 0 Å².